The van der Waals surface area contributed by atoms with E-state index in [4.69, 9.17) is 14.2 Å². The zero-order valence-corrected chi connectivity index (χ0v) is 17.6. The number of rotatable bonds is 9. The lowest BCUT2D eigenvalue weighted by Gasteiger charge is -2.32. The van der Waals surface area contributed by atoms with Crippen LogP contribution in [0.3, 0.4) is 0 Å². The van der Waals surface area contributed by atoms with Crippen molar-refractivity contribution in [3.63, 3.8) is 0 Å². The molecule has 0 saturated carbocycles. The Labute approximate surface area is 182 Å². The van der Waals surface area contributed by atoms with Crippen molar-refractivity contribution >= 4 is 11.6 Å². The molecule has 8 heteroatoms. The number of pyridine rings is 1. The van der Waals surface area contributed by atoms with Crippen LogP contribution in [0, 0.1) is 0 Å². The van der Waals surface area contributed by atoms with Crippen LogP contribution in [-0.4, -0.2) is 59.9 Å². The van der Waals surface area contributed by atoms with Gasteiger partial charge in [-0.2, -0.15) is 0 Å². The fourth-order valence-electron chi connectivity index (χ4n) is 3.42. The molecule has 1 saturated heterocycles. The van der Waals surface area contributed by atoms with Crippen LogP contribution in [0.15, 0.2) is 61.1 Å². The lowest BCUT2D eigenvalue weighted by Crippen LogP contribution is -2.38. The van der Waals surface area contributed by atoms with Gasteiger partial charge in [-0.05, 0) is 35.9 Å². The Hall–Kier alpha value is -3.07. The van der Waals surface area contributed by atoms with Crippen LogP contribution >= 0.6 is 0 Å². The van der Waals surface area contributed by atoms with Gasteiger partial charge in [-0.3, -0.25) is 9.88 Å². The summed E-state index contributed by atoms with van der Waals surface area (Å²) >= 11 is 0. The number of hydrogen-bond acceptors (Lipinski definition) is 8. The SMILES string of the molecule is COCCOc1cccc(CN2CCO[C@@H](c3ccc(Nc4ncccn4)cn3)C2)c1. The zero-order valence-electron chi connectivity index (χ0n) is 17.6. The third kappa shape index (κ3) is 6.21. The number of anilines is 2. The van der Waals surface area contributed by atoms with Crippen molar-refractivity contribution in [1.82, 2.24) is 19.9 Å². The third-order valence-electron chi connectivity index (χ3n) is 4.95. The Balaban J connectivity index is 1.33. The molecule has 1 aliphatic rings. The van der Waals surface area contributed by atoms with E-state index in [1.807, 2.05) is 24.3 Å². The van der Waals surface area contributed by atoms with E-state index in [2.05, 4.69) is 37.3 Å². The molecule has 1 aromatic carbocycles. The van der Waals surface area contributed by atoms with Crippen molar-refractivity contribution < 1.29 is 14.2 Å². The first-order valence-electron chi connectivity index (χ1n) is 10.3. The van der Waals surface area contributed by atoms with Gasteiger partial charge in [0, 0.05) is 39.1 Å². The summed E-state index contributed by atoms with van der Waals surface area (Å²) in [4.78, 5) is 15.3. The van der Waals surface area contributed by atoms with Gasteiger partial charge in [0.25, 0.3) is 0 Å². The molecule has 1 N–H and O–H groups in total. The topological polar surface area (TPSA) is 81.6 Å². The standard InChI is InChI=1S/C23H27N5O3/c1-29-12-13-30-20-5-2-4-18(14-20)16-28-10-11-31-22(17-28)21-7-6-19(15-26-21)27-23-24-8-3-9-25-23/h2-9,14-15,22H,10-13,16-17H2,1H3,(H,24,25,27)/t22-/m1/s1. The summed E-state index contributed by atoms with van der Waals surface area (Å²) in [7, 11) is 1.67. The molecule has 0 amide bonds. The van der Waals surface area contributed by atoms with E-state index in [0.29, 0.717) is 25.8 Å². The molecule has 31 heavy (non-hydrogen) atoms. The van der Waals surface area contributed by atoms with Gasteiger partial charge >= 0.3 is 0 Å². The van der Waals surface area contributed by atoms with Crippen LogP contribution in [0.25, 0.3) is 0 Å². The van der Waals surface area contributed by atoms with Gasteiger partial charge < -0.3 is 19.5 Å². The van der Waals surface area contributed by atoms with Gasteiger partial charge in [-0.1, -0.05) is 12.1 Å². The summed E-state index contributed by atoms with van der Waals surface area (Å²) in [6.07, 6.45) is 5.12. The van der Waals surface area contributed by atoms with Crippen LogP contribution in [0.1, 0.15) is 17.4 Å². The molecular formula is C23H27N5O3. The molecule has 2 aromatic heterocycles. The summed E-state index contributed by atoms with van der Waals surface area (Å²) in [6, 6.07) is 14.0. The van der Waals surface area contributed by atoms with Crippen molar-refractivity contribution in [2.45, 2.75) is 12.6 Å². The maximum Gasteiger partial charge on any atom is 0.227 e. The fraction of sp³-hybridized carbons (Fsp3) is 0.348. The van der Waals surface area contributed by atoms with Crippen LogP contribution in [0.2, 0.25) is 0 Å². The van der Waals surface area contributed by atoms with E-state index >= 15 is 0 Å². The molecule has 0 aliphatic carbocycles. The van der Waals surface area contributed by atoms with Gasteiger partial charge in [0.1, 0.15) is 18.5 Å². The van der Waals surface area contributed by atoms with Gasteiger partial charge in [-0.25, -0.2) is 9.97 Å². The minimum atomic E-state index is -0.0584. The maximum atomic E-state index is 5.99. The van der Waals surface area contributed by atoms with Crippen molar-refractivity contribution in [3.8, 4) is 5.75 Å². The molecule has 0 bridgehead atoms. The lowest BCUT2D eigenvalue weighted by molar-refractivity contribution is -0.0349. The molecule has 0 unspecified atom stereocenters. The number of benzene rings is 1. The Morgan fingerprint density at radius 3 is 2.81 bits per heavy atom. The first kappa shape index (κ1) is 21.2. The quantitative estimate of drug-likeness (QED) is 0.528. The largest absolute Gasteiger partial charge is 0.491 e. The Morgan fingerprint density at radius 1 is 1.10 bits per heavy atom. The third-order valence-corrected chi connectivity index (χ3v) is 4.95. The average Bonchev–Trinajstić information content (AvgIpc) is 2.81. The number of hydrogen-bond donors (Lipinski definition) is 1. The van der Waals surface area contributed by atoms with Gasteiger partial charge in [0.2, 0.25) is 5.95 Å². The van der Waals surface area contributed by atoms with E-state index in [1.54, 1.807) is 31.8 Å². The van der Waals surface area contributed by atoms with E-state index in [0.717, 1.165) is 36.8 Å². The van der Waals surface area contributed by atoms with Gasteiger partial charge in [-0.15, -0.1) is 0 Å². The number of nitrogens with one attached hydrogen (secondary N) is 1. The Kier molecular flexibility index (Phi) is 7.38. The fourth-order valence-corrected chi connectivity index (χ4v) is 3.42. The number of methoxy groups -OCH3 is 1. The minimum absolute atomic E-state index is 0.0584. The summed E-state index contributed by atoms with van der Waals surface area (Å²) < 4.78 is 16.8. The van der Waals surface area contributed by atoms with Crippen LogP contribution in [0.5, 0.6) is 5.75 Å². The molecule has 8 nitrogen and oxygen atoms in total. The summed E-state index contributed by atoms with van der Waals surface area (Å²) in [5.74, 6) is 1.41. The van der Waals surface area contributed by atoms with E-state index in [1.165, 1.54) is 5.56 Å². The predicted molar refractivity (Wildman–Crippen MR) is 117 cm³/mol. The summed E-state index contributed by atoms with van der Waals surface area (Å²) in [6.45, 7) is 4.31. The van der Waals surface area contributed by atoms with Crippen LogP contribution < -0.4 is 10.1 Å². The molecule has 1 fully saturated rings. The number of aromatic nitrogens is 3. The molecule has 0 radical (unpaired) electrons. The van der Waals surface area contributed by atoms with E-state index in [-0.39, 0.29) is 6.10 Å². The minimum Gasteiger partial charge on any atom is -0.491 e. The summed E-state index contributed by atoms with van der Waals surface area (Å²) in [5, 5.41) is 3.14. The van der Waals surface area contributed by atoms with E-state index in [9.17, 15) is 0 Å². The average molecular weight is 422 g/mol. The van der Waals surface area contributed by atoms with E-state index < -0.39 is 0 Å². The monoisotopic (exact) mass is 421 g/mol. The van der Waals surface area contributed by atoms with Crippen molar-refractivity contribution in [1.29, 1.82) is 0 Å². The molecule has 3 heterocycles. The molecule has 162 valence electrons. The highest BCUT2D eigenvalue weighted by atomic mass is 16.5. The predicted octanol–water partition coefficient (Wildman–Crippen LogP) is 3.21. The molecule has 4 rings (SSSR count). The normalized spacial score (nSPS) is 16.7. The highest BCUT2D eigenvalue weighted by molar-refractivity contribution is 5.51. The molecule has 0 spiro atoms. The van der Waals surface area contributed by atoms with Crippen molar-refractivity contribution in [2.24, 2.45) is 0 Å². The molecule has 3 aromatic rings. The highest BCUT2D eigenvalue weighted by Crippen LogP contribution is 2.24. The summed E-state index contributed by atoms with van der Waals surface area (Å²) in [5.41, 5.74) is 2.97. The first-order chi connectivity index (χ1) is 15.3. The first-order valence-corrected chi connectivity index (χ1v) is 10.3. The van der Waals surface area contributed by atoms with Crippen LogP contribution in [0.4, 0.5) is 11.6 Å². The number of ether oxygens (including phenoxy) is 3. The molecule has 1 atom stereocenters. The zero-order chi connectivity index (χ0) is 21.3. The second-order valence-corrected chi connectivity index (χ2v) is 7.25. The number of morpholine rings is 1. The van der Waals surface area contributed by atoms with Gasteiger partial charge in [0.05, 0.1) is 30.8 Å². The lowest BCUT2D eigenvalue weighted by atomic mass is 10.1. The molecular weight excluding hydrogens is 394 g/mol. The van der Waals surface area contributed by atoms with Gasteiger partial charge in [0.15, 0.2) is 0 Å². The highest BCUT2D eigenvalue weighted by Gasteiger charge is 2.23. The molecule has 1 aliphatic heterocycles. The number of nitrogens with zero attached hydrogens (tertiary/aromatic N) is 4. The van der Waals surface area contributed by atoms with Crippen molar-refractivity contribution in [3.05, 3.63) is 72.3 Å². The van der Waals surface area contributed by atoms with Crippen LogP contribution in [-0.2, 0) is 16.0 Å². The Morgan fingerprint density at radius 2 is 2.00 bits per heavy atom. The smallest absolute Gasteiger partial charge is 0.227 e. The Bertz CT molecular complexity index is 939. The van der Waals surface area contributed by atoms with Crippen molar-refractivity contribution in [2.75, 3.05) is 45.3 Å². The maximum absolute atomic E-state index is 5.99. The second kappa shape index (κ2) is 10.8. The second-order valence-electron chi connectivity index (χ2n) is 7.25.